The second-order valence-electron chi connectivity index (χ2n) is 23.6. The van der Waals surface area contributed by atoms with Crippen LogP contribution in [0.5, 0.6) is 0 Å². The number of ether oxygens (including phenoxy) is 6. The Morgan fingerprint density at radius 3 is 2.30 bits per heavy atom. The van der Waals surface area contributed by atoms with E-state index in [2.05, 4.69) is 31.9 Å². The molecule has 10 atom stereocenters. The summed E-state index contributed by atoms with van der Waals surface area (Å²) in [4.78, 5) is 139. The van der Waals surface area contributed by atoms with E-state index in [1.807, 2.05) is 26.0 Å². The highest BCUT2D eigenvalue weighted by Crippen LogP contribution is 2.49. The third kappa shape index (κ3) is 19.6. The lowest BCUT2D eigenvalue weighted by Gasteiger charge is -2.42. The van der Waals surface area contributed by atoms with Crippen LogP contribution in [0.25, 0.3) is 0 Å². The second-order valence-corrected chi connectivity index (χ2v) is 24.4. The fourth-order valence-electron chi connectivity index (χ4n) is 10.7. The summed E-state index contributed by atoms with van der Waals surface area (Å²) >= 11 is 12.4. The van der Waals surface area contributed by atoms with Gasteiger partial charge in [0, 0.05) is 59.5 Å². The van der Waals surface area contributed by atoms with Crippen LogP contribution in [0, 0.1) is 18.8 Å². The number of carbonyl (C=O) groups excluding carboxylic acids is 10. The van der Waals surface area contributed by atoms with Crippen LogP contribution in [0.4, 0.5) is 21.0 Å². The number of rotatable bonds is 25. The molecule has 4 aliphatic rings. The largest absolute Gasteiger partial charge is 0.457 e. The minimum Gasteiger partial charge on any atom is -0.457 e. The van der Waals surface area contributed by atoms with Crippen LogP contribution in [0.2, 0.25) is 5.02 Å². The Morgan fingerprint density at radius 1 is 0.946 bits per heavy atom. The topological polar surface area (TPSA) is 367 Å². The van der Waals surface area contributed by atoms with Crippen LogP contribution in [0.1, 0.15) is 108 Å². The Kier molecular flexibility index (Phi) is 26.4. The van der Waals surface area contributed by atoms with Crippen LogP contribution in [-0.4, -0.2) is 194 Å². The first-order valence-corrected chi connectivity index (χ1v) is 31.1. The molecule has 0 unspecified atom stereocenters. The number of esters is 1. The van der Waals surface area contributed by atoms with Crippen LogP contribution in [-0.2, 0) is 73.2 Å². The number of amides is 9. The van der Waals surface area contributed by atoms with Gasteiger partial charge in [0.05, 0.1) is 67.3 Å². The van der Waals surface area contributed by atoms with E-state index in [9.17, 15) is 53.1 Å². The molecular weight excluding hydrogens is 1240 g/mol. The molecule has 4 heterocycles. The number of para-hydroxylation sites is 1. The lowest BCUT2D eigenvalue weighted by Crippen LogP contribution is -2.63. The predicted molar refractivity (Wildman–Crippen MR) is 338 cm³/mol. The number of alkyl carbamates (subject to hydrolysis) is 1. The molecule has 30 heteroatoms. The highest BCUT2D eigenvalue weighted by Gasteiger charge is 2.64. The van der Waals surface area contributed by atoms with Crippen LogP contribution in [0.3, 0.4) is 0 Å². The molecular formula is C62H85ClN10O18S. The van der Waals surface area contributed by atoms with Crippen molar-refractivity contribution in [3.63, 3.8) is 0 Å². The number of aliphatic hydroxyl groups is 1. The molecule has 0 radical (unpaired) electrons. The third-order valence-corrected chi connectivity index (χ3v) is 17.0. The molecule has 2 aromatic rings. The van der Waals surface area contributed by atoms with Gasteiger partial charge in [-0.05, 0) is 94.4 Å². The van der Waals surface area contributed by atoms with Crippen molar-refractivity contribution >= 4 is 99.8 Å². The van der Waals surface area contributed by atoms with Gasteiger partial charge in [-0.2, -0.15) is 0 Å². The molecule has 504 valence electrons. The van der Waals surface area contributed by atoms with Gasteiger partial charge >= 0.3 is 24.1 Å². The van der Waals surface area contributed by atoms with Crippen molar-refractivity contribution < 1.29 is 86.3 Å². The van der Waals surface area contributed by atoms with Gasteiger partial charge in [0.2, 0.25) is 17.7 Å². The molecule has 4 bridgehead atoms. The molecule has 6 rings (SSSR count). The molecule has 3 saturated heterocycles. The molecule has 4 aliphatic heterocycles. The van der Waals surface area contributed by atoms with Crippen LogP contribution >= 0.6 is 23.8 Å². The first-order valence-electron chi connectivity index (χ1n) is 30.3. The first-order chi connectivity index (χ1) is 43.5. The molecule has 3 fully saturated rings. The lowest BCUT2D eigenvalue weighted by molar-refractivity contribution is -0.198. The van der Waals surface area contributed by atoms with Gasteiger partial charge in [0.25, 0.3) is 17.7 Å². The van der Waals surface area contributed by atoms with Gasteiger partial charge in [-0.25, -0.2) is 19.2 Å². The fourth-order valence-corrected chi connectivity index (χ4v) is 11.2. The lowest BCUT2D eigenvalue weighted by atomic mass is 9.83. The average molecular weight is 1330 g/mol. The van der Waals surface area contributed by atoms with Crippen molar-refractivity contribution in [2.45, 2.75) is 154 Å². The number of anilines is 2. The van der Waals surface area contributed by atoms with Gasteiger partial charge < -0.3 is 80.5 Å². The molecule has 0 aromatic heterocycles. The number of imide groups is 1. The zero-order valence-electron chi connectivity index (χ0n) is 53.4. The number of hydrogen-bond donors (Lipinski definition) is 8. The number of urea groups is 1. The molecule has 28 nitrogen and oxygen atoms in total. The maximum absolute atomic E-state index is 14.6. The number of thiocarbonyl (C=S) groups is 1. The number of aryl methyl sites for hydroxylation is 1. The zero-order chi connectivity index (χ0) is 67.8. The number of hydrogen-bond acceptors (Lipinski definition) is 19. The number of carbonyl (C=O) groups is 10. The van der Waals surface area contributed by atoms with Gasteiger partial charge in [-0.1, -0.05) is 74.4 Å². The first kappa shape index (κ1) is 73.3. The highest BCUT2D eigenvalue weighted by atomic mass is 35.5. The molecule has 2 aromatic carbocycles. The number of primary amides is 1. The zero-order valence-corrected chi connectivity index (χ0v) is 55.0. The quantitative estimate of drug-likeness (QED) is 0.0232. The number of hydroxylamine groups is 2. The number of allylic oxidation sites excluding steroid dienone is 3. The van der Waals surface area contributed by atoms with Crippen molar-refractivity contribution in [2.75, 3.05) is 70.9 Å². The molecule has 0 aliphatic carbocycles. The Morgan fingerprint density at radius 2 is 1.63 bits per heavy atom. The monoisotopic (exact) mass is 1320 g/mol. The minimum absolute atomic E-state index is 0.00872. The maximum atomic E-state index is 14.6. The van der Waals surface area contributed by atoms with E-state index >= 15 is 0 Å². The van der Waals surface area contributed by atoms with Gasteiger partial charge in [0.1, 0.15) is 42.0 Å². The Labute approximate surface area is 544 Å². The number of nitrogens with zero attached hydrogens (tertiary/aromatic N) is 3. The summed E-state index contributed by atoms with van der Waals surface area (Å²) in [6.07, 6.45) is 0.0323. The van der Waals surface area contributed by atoms with Crippen molar-refractivity contribution in [3.8, 4) is 0 Å². The standard InChI is InChI=1S/C62H85ClN10O18S/c1-34(2)52(69-59(92)66-24-26-87-28-27-86-25-22-50(77)91-73-47(74)20-21-48(73)75)55(79)68-42(18-14-23-65-58(64)82)54(78)67-41-17-12-11-16-40(41)56(80)71(8)38(6)57(81)89-46-32-49(76)72(9)43-31-39(30-36(4)51(43)63)29-35(3)15-13-19-45(85-10)62(84)33-44(88-60(83)70-62)37(5)53-61(46,7)90-53/h11-13,15-17,19,30-31,34,37-38,42,44-46,52-53,84H,14,18,20-29,32-33H2,1-10H3,(H,67,78)(H,68,79)(H,70,83)(H3,64,65,82)(H2,66,69,92)/b19-13+,35-15+/t37-,38+,42+,44+,45-,46+,52+,53+,61+,62+/m1/s1. The third-order valence-electron chi connectivity index (χ3n) is 16.3. The predicted octanol–water partition coefficient (Wildman–Crippen LogP) is 3.52. The number of halogens is 1. The molecule has 9 N–H and O–H groups in total. The summed E-state index contributed by atoms with van der Waals surface area (Å²) in [7, 11) is 4.32. The summed E-state index contributed by atoms with van der Waals surface area (Å²) in [6.45, 7) is 12.8. The normalized spacial score (nSPS) is 24.3. The minimum atomic E-state index is -1.92. The summed E-state index contributed by atoms with van der Waals surface area (Å²) in [5.41, 5.74) is 4.81. The molecule has 0 saturated carbocycles. The number of likely N-dealkylation sites (N-methyl/N-ethyl adjacent to an activating group) is 1. The van der Waals surface area contributed by atoms with E-state index in [0.717, 1.165) is 16.0 Å². The molecule has 0 spiro atoms. The van der Waals surface area contributed by atoms with E-state index in [1.165, 1.54) is 38.1 Å². The number of benzene rings is 2. The van der Waals surface area contributed by atoms with Crippen LogP contribution < -0.4 is 42.5 Å². The van der Waals surface area contributed by atoms with E-state index in [0.29, 0.717) is 27.8 Å². The number of fused-ring (bicyclic) bond motifs is 5. The summed E-state index contributed by atoms with van der Waals surface area (Å²) in [5, 5.41) is 29.3. The van der Waals surface area contributed by atoms with Crippen molar-refractivity contribution in [2.24, 2.45) is 17.6 Å². The summed E-state index contributed by atoms with van der Waals surface area (Å²) < 4.78 is 35.0. The summed E-state index contributed by atoms with van der Waals surface area (Å²) in [6, 6.07) is 5.37. The Bertz CT molecular complexity index is 3140. The van der Waals surface area contributed by atoms with Crippen molar-refractivity contribution in [1.29, 1.82) is 0 Å². The van der Waals surface area contributed by atoms with Gasteiger partial charge in [-0.15, -0.1) is 5.06 Å². The number of nitrogens with one attached hydrogen (secondary N) is 6. The van der Waals surface area contributed by atoms with Crippen molar-refractivity contribution in [1.82, 2.24) is 36.5 Å². The van der Waals surface area contributed by atoms with E-state index in [-0.39, 0.29) is 100 Å². The smallest absolute Gasteiger partial charge is 0.409 e. The number of epoxide rings is 1. The Balaban J connectivity index is 1.12. The van der Waals surface area contributed by atoms with E-state index in [1.54, 1.807) is 65.1 Å². The molecule has 9 amide bonds. The molecule has 92 heavy (non-hydrogen) atoms. The Hall–Kier alpha value is -7.80. The fraction of sp³-hybridized carbons (Fsp3) is 0.565. The van der Waals surface area contributed by atoms with Gasteiger partial charge in [-0.3, -0.25) is 34.1 Å². The maximum Gasteiger partial charge on any atom is 0.409 e. The van der Waals surface area contributed by atoms with Crippen molar-refractivity contribution in [3.05, 3.63) is 81.9 Å². The SMILES string of the molecule is CO[C@@H]1/C=C/C=C(\C)Cc2cc(C)c(Cl)c(c2)N(C)C(=O)C[C@H](OC(=O)[C@H](C)N(C)C(=O)c2ccccc2NC(=O)[C@H](CCCNC(N)=O)NC(=O)[C@@H](NC(=S)NCCOCCOCCC(=O)ON2C(=O)CCC2=O)C(C)C)[C@]2(C)O[C@H]2[C@H](C)[C@@H]2C[C@@]1(O)NC(=O)O2. The second kappa shape index (κ2) is 33.2. The highest BCUT2D eigenvalue weighted by molar-refractivity contribution is 7.80. The average Bonchev–Trinajstić information content (AvgIpc) is 1.57. The van der Waals surface area contributed by atoms with Crippen LogP contribution in [0.15, 0.2) is 60.2 Å². The summed E-state index contributed by atoms with van der Waals surface area (Å²) in [5.74, 6) is -6.50. The van der Waals surface area contributed by atoms with E-state index < -0.39 is 126 Å². The number of methoxy groups -OCH3 is 1. The van der Waals surface area contributed by atoms with E-state index in [4.69, 9.17) is 62.8 Å². The number of nitrogens with two attached hydrogens (primary N) is 1. The van der Waals surface area contributed by atoms with Gasteiger partial charge in [0.15, 0.2) is 10.8 Å².